The highest BCUT2D eigenvalue weighted by Gasteiger charge is 2.09. The molecule has 0 aromatic rings. The molecule has 0 radical (unpaired) electrons. The maximum atomic E-state index is 11.3. The number of alkyl halides is 1. The van der Waals surface area contributed by atoms with Crippen LogP contribution in [0.3, 0.4) is 0 Å². The van der Waals surface area contributed by atoms with Gasteiger partial charge in [0.15, 0.2) is 9.84 Å². The Bertz CT molecular complexity index is 229. The van der Waals surface area contributed by atoms with Gasteiger partial charge in [-0.15, -0.1) is 0 Å². The Morgan fingerprint density at radius 2 is 2.00 bits per heavy atom. The third kappa shape index (κ3) is 7.76. The second-order valence-electron chi connectivity index (χ2n) is 3.48. The molecule has 0 rings (SSSR count). The number of hydrogen-bond acceptors (Lipinski definition) is 3. The van der Waals surface area contributed by atoms with Gasteiger partial charge in [0.1, 0.15) is 0 Å². The summed E-state index contributed by atoms with van der Waals surface area (Å²) in [6.07, 6.45) is 1.73. The normalized spacial score (nSPS) is 14.2. The fourth-order valence-electron chi connectivity index (χ4n) is 1.14. The minimum atomic E-state index is -2.82. The predicted octanol–water partition coefficient (Wildman–Crippen LogP) is 1.57. The smallest absolute Gasteiger partial charge is 0.151 e. The van der Waals surface area contributed by atoms with Crippen LogP contribution in [0.15, 0.2) is 0 Å². The van der Waals surface area contributed by atoms with Gasteiger partial charge >= 0.3 is 0 Å². The van der Waals surface area contributed by atoms with Crippen LogP contribution in [0.25, 0.3) is 0 Å². The zero-order valence-corrected chi connectivity index (χ0v) is 11.3. The van der Waals surface area contributed by atoms with E-state index in [4.69, 9.17) is 0 Å². The molecular weight excluding hydrogens is 266 g/mol. The van der Waals surface area contributed by atoms with Crippen molar-refractivity contribution in [3.8, 4) is 0 Å². The fraction of sp³-hybridized carbons (Fsp3) is 1.00. The summed E-state index contributed by atoms with van der Waals surface area (Å²) < 4.78 is 22.6. The lowest BCUT2D eigenvalue weighted by Gasteiger charge is -2.11. The molecule has 86 valence electrons. The largest absolute Gasteiger partial charge is 0.313 e. The van der Waals surface area contributed by atoms with E-state index in [2.05, 4.69) is 28.2 Å². The second-order valence-corrected chi connectivity index (χ2v) is 6.58. The molecule has 1 unspecified atom stereocenters. The summed E-state index contributed by atoms with van der Waals surface area (Å²) >= 11 is 3.35. The van der Waals surface area contributed by atoms with Crippen LogP contribution in [0.2, 0.25) is 0 Å². The van der Waals surface area contributed by atoms with Gasteiger partial charge in [-0.05, 0) is 19.8 Å². The topological polar surface area (TPSA) is 46.2 Å². The molecule has 5 heteroatoms. The van der Waals surface area contributed by atoms with Gasteiger partial charge in [0.25, 0.3) is 0 Å². The maximum Gasteiger partial charge on any atom is 0.151 e. The average molecular weight is 286 g/mol. The van der Waals surface area contributed by atoms with E-state index in [9.17, 15) is 8.42 Å². The predicted molar refractivity (Wildman–Crippen MR) is 64.8 cm³/mol. The van der Waals surface area contributed by atoms with Gasteiger partial charge in [0.05, 0.1) is 5.75 Å². The minimum absolute atomic E-state index is 0.257. The van der Waals surface area contributed by atoms with E-state index >= 15 is 0 Å². The summed E-state index contributed by atoms with van der Waals surface area (Å²) in [4.78, 5) is 0. The van der Waals surface area contributed by atoms with Crippen molar-refractivity contribution in [1.82, 2.24) is 5.32 Å². The monoisotopic (exact) mass is 285 g/mol. The summed E-state index contributed by atoms with van der Waals surface area (Å²) in [6.45, 7) is 4.52. The Hall–Kier alpha value is 0.390. The van der Waals surface area contributed by atoms with E-state index in [-0.39, 0.29) is 5.75 Å². The van der Waals surface area contributed by atoms with Crippen LogP contribution in [0.4, 0.5) is 0 Å². The van der Waals surface area contributed by atoms with Crippen molar-refractivity contribution in [3.05, 3.63) is 0 Å². The highest BCUT2D eigenvalue weighted by Crippen LogP contribution is 1.96. The van der Waals surface area contributed by atoms with Crippen LogP contribution in [0.5, 0.6) is 0 Å². The van der Waals surface area contributed by atoms with Gasteiger partial charge in [-0.3, -0.25) is 0 Å². The Balaban J connectivity index is 3.63. The lowest BCUT2D eigenvalue weighted by atomic mass is 10.3. The van der Waals surface area contributed by atoms with Crippen molar-refractivity contribution in [3.63, 3.8) is 0 Å². The molecule has 0 heterocycles. The van der Waals surface area contributed by atoms with Crippen molar-refractivity contribution < 1.29 is 8.42 Å². The van der Waals surface area contributed by atoms with Crippen LogP contribution in [0, 0.1) is 0 Å². The van der Waals surface area contributed by atoms with E-state index in [0.29, 0.717) is 24.8 Å². The number of nitrogens with one attached hydrogen (secondary N) is 1. The molecule has 0 aromatic carbocycles. The molecule has 0 aromatic heterocycles. The third-order valence-electron chi connectivity index (χ3n) is 1.96. The summed E-state index contributed by atoms with van der Waals surface area (Å²) in [6, 6.07) is 0.381. The molecule has 0 aliphatic heterocycles. The first-order valence-corrected chi connectivity index (χ1v) is 7.96. The molecular formula is C9H20BrNO2S. The van der Waals surface area contributed by atoms with Gasteiger partial charge in [-0.25, -0.2) is 8.42 Å². The van der Waals surface area contributed by atoms with Gasteiger partial charge in [-0.2, -0.15) is 0 Å². The average Bonchev–Trinajstić information content (AvgIpc) is 2.03. The zero-order chi connectivity index (χ0) is 11.0. The van der Waals surface area contributed by atoms with E-state index < -0.39 is 9.84 Å². The van der Waals surface area contributed by atoms with Gasteiger partial charge in [0.2, 0.25) is 0 Å². The lowest BCUT2D eigenvalue weighted by Crippen LogP contribution is -2.31. The zero-order valence-electron chi connectivity index (χ0n) is 8.92. The maximum absolute atomic E-state index is 11.3. The molecule has 3 nitrogen and oxygen atoms in total. The summed E-state index contributed by atoms with van der Waals surface area (Å²) in [7, 11) is -2.82. The molecule has 0 saturated carbocycles. The second kappa shape index (κ2) is 7.65. The molecule has 0 saturated heterocycles. The lowest BCUT2D eigenvalue weighted by molar-refractivity contribution is 0.548. The quantitative estimate of drug-likeness (QED) is 0.689. The van der Waals surface area contributed by atoms with Crippen LogP contribution < -0.4 is 5.32 Å². The van der Waals surface area contributed by atoms with E-state index in [0.717, 1.165) is 11.8 Å². The van der Waals surface area contributed by atoms with Crippen molar-refractivity contribution in [2.24, 2.45) is 0 Å². The van der Waals surface area contributed by atoms with Crippen molar-refractivity contribution >= 4 is 25.8 Å². The summed E-state index contributed by atoms with van der Waals surface area (Å²) in [5.74, 6) is 0.564. The van der Waals surface area contributed by atoms with Crippen LogP contribution in [-0.4, -0.2) is 37.8 Å². The summed E-state index contributed by atoms with van der Waals surface area (Å²) in [5, 5.41) is 4.14. The van der Waals surface area contributed by atoms with Crippen molar-refractivity contribution in [2.75, 3.05) is 23.4 Å². The van der Waals surface area contributed by atoms with Gasteiger partial charge in [-0.1, -0.05) is 22.9 Å². The van der Waals surface area contributed by atoms with Crippen LogP contribution in [0.1, 0.15) is 26.7 Å². The summed E-state index contributed by atoms with van der Waals surface area (Å²) in [5.41, 5.74) is 0. The number of hydrogen-bond donors (Lipinski definition) is 1. The molecule has 0 bridgehead atoms. The first kappa shape index (κ1) is 14.4. The first-order valence-electron chi connectivity index (χ1n) is 5.01. The van der Waals surface area contributed by atoms with Gasteiger partial charge in [0, 0.05) is 23.7 Å². The van der Waals surface area contributed by atoms with Gasteiger partial charge < -0.3 is 5.32 Å². The number of rotatable bonds is 8. The highest BCUT2D eigenvalue weighted by molar-refractivity contribution is 9.09. The van der Waals surface area contributed by atoms with Crippen molar-refractivity contribution in [1.29, 1.82) is 0 Å². The SMILES string of the molecule is CCCS(=O)(=O)CCNC(C)CCBr. The van der Waals surface area contributed by atoms with E-state index in [1.54, 1.807) is 0 Å². The van der Waals surface area contributed by atoms with E-state index in [1.807, 2.05) is 6.92 Å². The van der Waals surface area contributed by atoms with Crippen LogP contribution >= 0.6 is 15.9 Å². The van der Waals surface area contributed by atoms with Crippen molar-refractivity contribution in [2.45, 2.75) is 32.7 Å². The number of halogens is 1. The molecule has 1 N–H and O–H groups in total. The van der Waals surface area contributed by atoms with Crippen LogP contribution in [-0.2, 0) is 9.84 Å². The molecule has 0 aliphatic rings. The molecule has 14 heavy (non-hydrogen) atoms. The first-order chi connectivity index (χ1) is 6.52. The minimum Gasteiger partial charge on any atom is -0.313 e. The molecule has 1 atom stereocenters. The highest BCUT2D eigenvalue weighted by atomic mass is 79.9. The Kier molecular flexibility index (Phi) is 7.86. The fourth-order valence-corrected chi connectivity index (χ4v) is 3.08. The Labute approximate surface area is 95.7 Å². The Morgan fingerprint density at radius 1 is 1.36 bits per heavy atom. The van der Waals surface area contributed by atoms with E-state index in [1.165, 1.54) is 0 Å². The molecule has 0 fully saturated rings. The molecule has 0 amide bonds. The molecule has 0 aliphatic carbocycles. The number of sulfone groups is 1. The third-order valence-corrected chi connectivity index (χ3v) is 4.28. The standard InChI is InChI=1S/C9H20BrNO2S/c1-3-7-14(12,13)8-6-11-9(2)4-5-10/h9,11H,3-8H2,1-2H3. The molecule has 0 spiro atoms. The Morgan fingerprint density at radius 3 is 2.50 bits per heavy atom.